The van der Waals surface area contributed by atoms with Gasteiger partial charge in [0.2, 0.25) is 0 Å². The van der Waals surface area contributed by atoms with Gasteiger partial charge in [-0.1, -0.05) is 0 Å². The molecule has 0 saturated carbocycles. The average molecular weight is 427 g/mol. The third-order valence-electron chi connectivity index (χ3n) is 6.88. The standard InChI is InChI=1S/C21H28F2N2O3S/c22-19(23)28-17-1-3-18(4-2-17)29-25-8-5-21(6-9-25)11-16(12-27-21)24-13-20(14-24)7-10-26-15-20/h1-4,16,19H,5-15H2. The predicted octanol–water partition coefficient (Wildman–Crippen LogP) is 3.64. The summed E-state index contributed by atoms with van der Waals surface area (Å²) in [6.45, 7) is 4.23. The first kappa shape index (κ1) is 20.0. The van der Waals surface area contributed by atoms with Gasteiger partial charge >= 0.3 is 6.61 Å². The van der Waals surface area contributed by atoms with E-state index >= 15 is 0 Å². The second kappa shape index (κ2) is 7.96. The van der Waals surface area contributed by atoms with E-state index < -0.39 is 6.61 Å². The number of likely N-dealkylation sites (tertiary alicyclic amines) is 1. The Hall–Kier alpha value is -0.930. The molecule has 4 aliphatic heterocycles. The number of alkyl halides is 2. The SMILES string of the molecule is FC(F)Oc1ccc(SN2CCC3(CC2)CC(N2CC4(CCOC4)C2)CO3)cc1. The highest BCUT2D eigenvalue weighted by molar-refractivity contribution is 7.97. The molecule has 5 rings (SSSR count). The molecule has 0 amide bonds. The number of nitrogens with zero attached hydrogens (tertiary/aromatic N) is 2. The van der Waals surface area contributed by atoms with Crippen molar-refractivity contribution >= 4 is 11.9 Å². The first-order valence-electron chi connectivity index (χ1n) is 10.5. The molecular formula is C21H28F2N2O3S. The minimum atomic E-state index is -2.78. The predicted molar refractivity (Wildman–Crippen MR) is 106 cm³/mol. The van der Waals surface area contributed by atoms with Crippen LogP contribution in [0.4, 0.5) is 8.78 Å². The van der Waals surface area contributed by atoms with Crippen molar-refractivity contribution in [3.63, 3.8) is 0 Å². The first-order valence-corrected chi connectivity index (χ1v) is 11.2. The summed E-state index contributed by atoms with van der Waals surface area (Å²) >= 11 is 1.68. The average Bonchev–Trinajstić information content (AvgIpc) is 3.32. The summed E-state index contributed by atoms with van der Waals surface area (Å²) in [5, 5.41) is 0. The summed E-state index contributed by atoms with van der Waals surface area (Å²) in [4.78, 5) is 3.64. The Morgan fingerprint density at radius 1 is 1.10 bits per heavy atom. The summed E-state index contributed by atoms with van der Waals surface area (Å²) in [5.74, 6) is 0.198. The molecule has 1 aromatic rings. The normalized spacial score (nSPS) is 29.0. The van der Waals surface area contributed by atoms with Crippen LogP contribution in [0.2, 0.25) is 0 Å². The van der Waals surface area contributed by atoms with Gasteiger partial charge in [-0.15, -0.1) is 0 Å². The molecule has 0 bridgehead atoms. The Bertz CT molecular complexity index is 698. The molecule has 0 N–H and O–H groups in total. The van der Waals surface area contributed by atoms with Gasteiger partial charge in [0.15, 0.2) is 0 Å². The Kier molecular flexibility index (Phi) is 5.49. The molecular weight excluding hydrogens is 398 g/mol. The molecule has 8 heteroatoms. The van der Waals surface area contributed by atoms with Gasteiger partial charge in [0.25, 0.3) is 0 Å². The third kappa shape index (κ3) is 4.28. The van der Waals surface area contributed by atoms with Crippen LogP contribution in [-0.4, -0.2) is 73.5 Å². The smallest absolute Gasteiger partial charge is 0.387 e. The van der Waals surface area contributed by atoms with Crippen molar-refractivity contribution in [3.8, 4) is 5.75 Å². The molecule has 0 radical (unpaired) electrons. The van der Waals surface area contributed by atoms with E-state index in [0.29, 0.717) is 11.5 Å². The van der Waals surface area contributed by atoms with Gasteiger partial charge in [-0.2, -0.15) is 8.78 Å². The maximum atomic E-state index is 12.3. The summed E-state index contributed by atoms with van der Waals surface area (Å²) in [6.07, 6.45) is 4.45. The molecule has 0 aliphatic carbocycles. The zero-order valence-corrected chi connectivity index (χ0v) is 17.3. The van der Waals surface area contributed by atoms with Gasteiger partial charge < -0.3 is 14.2 Å². The largest absolute Gasteiger partial charge is 0.435 e. The number of halogens is 2. The van der Waals surface area contributed by atoms with E-state index in [9.17, 15) is 8.78 Å². The molecule has 0 aromatic heterocycles. The van der Waals surface area contributed by atoms with Crippen LogP contribution in [0.3, 0.4) is 0 Å². The van der Waals surface area contributed by atoms with E-state index in [4.69, 9.17) is 9.47 Å². The Morgan fingerprint density at radius 2 is 1.86 bits per heavy atom. The molecule has 4 heterocycles. The van der Waals surface area contributed by atoms with E-state index in [-0.39, 0.29) is 11.4 Å². The molecule has 4 aliphatic rings. The molecule has 4 saturated heterocycles. The van der Waals surface area contributed by atoms with Crippen molar-refractivity contribution in [1.29, 1.82) is 0 Å². The molecule has 29 heavy (non-hydrogen) atoms. The zero-order valence-electron chi connectivity index (χ0n) is 16.5. The van der Waals surface area contributed by atoms with Gasteiger partial charge in [-0.05, 0) is 61.9 Å². The number of hydrogen-bond donors (Lipinski definition) is 0. The van der Waals surface area contributed by atoms with Crippen LogP contribution in [0.15, 0.2) is 29.2 Å². The minimum Gasteiger partial charge on any atom is -0.435 e. The van der Waals surface area contributed by atoms with Crippen molar-refractivity contribution in [1.82, 2.24) is 9.21 Å². The molecule has 160 valence electrons. The topological polar surface area (TPSA) is 34.2 Å². The fourth-order valence-electron chi connectivity index (χ4n) is 5.19. The zero-order chi connectivity index (χ0) is 19.9. The Morgan fingerprint density at radius 3 is 2.52 bits per heavy atom. The molecule has 4 fully saturated rings. The van der Waals surface area contributed by atoms with E-state index in [2.05, 4.69) is 13.9 Å². The van der Waals surface area contributed by atoms with Crippen LogP contribution in [0, 0.1) is 5.41 Å². The lowest BCUT2D eigenvalue weighted by molar-refractivity contribution is -0.0498. The maximum Gasteiger partial charge on any atom is 0.387 e. The second-order valence-electron chi connectivity index (χ2n) is 8.93. The van der Waals surface area contributed by atoms with Gasteiger partial charge in [0.1, 0.15) is 5.75 Å². The van der Waals surface area contributed by atoms with Crippen LogP contribution in [0.1, 0.15) is 25.7 Å². The monoisotopic (exact) mass is 426 g/mol. The number of rotatable bonds is 5. The number of piperidine rings is 1. The van der Waals surface area contributed by atoms with Gasteiger partial charge in [0, 0.05) is 49.1 Å². The maximum absolute atomic E-state index is 12.3. The van der Waals surface area contributed by atoms with Crippen molar-refractivity contribution in [2.24, 2.45) is 5.41 Å². The van der Waals surface area contributed by atoms with Gasteiger partial charge in [-0.3, -0.25) is 4.90 Å². The van der Waals surface area contributed by atoms with Crippen molar-refractivity contribution < 1.29 is 23.0 Å². The first-order chi connectivity index (χ1) is 14.0. The molecule has 2 spiro atoms. The Balaban J connectivity index is 1.08. The summed E-state index contributed by atoms with van der Waals surface area (Å²) in [5.41, 5.74) is 0.470. The lowest BCUT2D eigenvalue weighted by Gasteiger charge is -2.50. The third-order valence-corrected chi connectivity index (χ3v) is 7.99. The molecule has 1 atom stereocenters. The molecule has 1 unspecified atom stereocenters. The van der Waals surface area contributed by atoms with E-state index in [1.807, 2.05) is 12.1 Å². The van der Waals surface area contributed by atoms with Crippen molar-refractivity contribution in [2.75, 3.05) is 46.0 Å². The molecule has 5 nitrogen and oxygen atoms in total. The fraction of sp³-hybridized carbons (Fsp3) is 0.714. The van der Waals surface area contributed by atoms with Crippen LogP contribution in [0.5, 0.6) is 5.75 Å². The van der Waals surface area contributed by atoms with Gasteiger partial charge in [-0.25, -0.2) is 4.31 Å². The van der Waals surface area contributed by atoms with Crippen LogP contribution >= 0.6 is 11.9 Å². The Labute approximate surface area is 174 Å². The highest BCUT2D eigenvalue weighted by Crippen LogP contribution is 2.45. The van der Waals surface area contributed by atoms with Crippen LogP contribution in [-0.2, 0) is 9.47 Å². The lowest BCUT2D eigenvalue weighted by Crippen LogP contribution is -2.60. The highest BCUT2D eigenvalue weighted by Gasteiger charge is 2.52. The van der Waals surface area contributed by atoms with E-state index in [0.717, 1.165) is 57.1 Å². The van der Waals surface area contributed by atoms with Crippen molar-refractivity contribution in [3.05, 3.63) is 24.3 Å². The minimum absolute atomic E-state index is 0.0334. The molecule has 1 aromatic carbocycles. The quantitative estimate of drug-likeness (QED) is 0.669. The fourth-order valence-corrected chi connectivity index (χ4v) is 6.11. The summed E-state index contributed by atoms with van der Waals surface area (Å²) in [7, 11) is 0. The summed E-state index contributed by atoms with van der Waals surface area (Å²) < 4.78 is 43.2. The number of hydrogen-bond acceptors (Lipinski definition) is 6. The summed E-state index contributed by atoms with van der Waals surface area (Å²) in [6, 6.07) is 7.42. The number of ether oxygens (including phenoxy) is 3. The van der Waals surface area contributed by atoms with E-state index in [1.165, 1.54) is 19.5 Å². The van der Waals surface area contributed by atoms with Gasteiger partial charge in [0.05, 0.1) is 18.8 Å². The van der Waals surface area contributed by atoms with Crippen molar-refractivity contribution in [2.45, 2.75) is 48.8 Å². The highest BCUT2D eigenvalue weighted by atomic mass is 32.2. The second-order valence-corrected chi connectivity index (χ2v) is 10.1. The number of benzene rings is 1. The van der Waals surface area contributed by atoms with Crippen LogP contribution < -0.4 is 4.74 Å². The van der Waals surface area contributed by atoms with Crippen LogP contribution in [0.25, 0.3) is 0 Å². The lowest BCUT2D eigenvalue weighted by atomic mass is 9.77. The van der Waals surface area contributed by atoms with E-state index in [1.54, 1.807) is 24.1 Å².